The molecule has 0 bridgehead atoms. The number of ketones is 1. The number of amides is 1. The van der Waals surface area contributed by atoms with Crippen LogP contribution in [-0.4, -0.2) is 70.8 Å². The van der Waals surface area contributed by atoms with Gasteiger partial charge in [-0.25, -0.2) is 0 Å². The molecule has 3 rings (SSSR count). The fourth-order valence-corrected chi connectivity index (χ4v) is 3.58. The van der Waals surface area contributed by atoms with Crippen molar-refractivity contribution < 1.29 is 19.6 Å². The van der Waals surface area contributed by atoms with E-state index >= 15 is 0 Å². The Bertz CT molecular complexity index is 801. The number of nitro groups is 1. The standard InChI is InChI=1S/C18H22N4O5/c1-12(23)15-16(13-3-2-4-14(11-13)22(26)27)21(18(25)17(15)24)10-9-20-7-5-19-6-8-20/h2-4,11,16,19,24H,5-10H2,1H3. The van der Waals surface area contributed by atoms with Gasteiger partial charge in [-0.1, -0.05) is 12.1 Å². The maximum absolute atomic E-state index is 12.6. The van der Waals surface area contributed by atoms with Gasteiger partial charge in [-0.05, 0) is 12.5 Å². The van der Waals surface area contributed by atoms with Crippen LogP contribution in [0, 0.1) is 10.1 Å². The normalized spacial score (nSPS) is 21.0. The lowest BCUT2D eigenvalue weighted by Gasteiger charge is -2.31. The summed E-state index contributed by atoms with van der Waals surface area (Å²) in [4.78, 5) is 38.9. The highest BCUT2D eigenvalue weighted by Gasteiger charge is 2.42. The summed E-state index contributed by atoms with van der Waals surface area (Å²) in [6.45, 7) is 5.62. The van der Waals surface area contributed by atoms with Crippen LogP contribution in [-0.2, 0) is 9.59 Å². The van der Waals surface area contributed by atoms with Crippen molar-refractivity contribution in [3.63, 3.8) is 0 Å². The molecule has 0 spiro atoms. The van der Waals surface area contributed by atoms with Crippen LogP contribution in [0.1, 0.15) is 18.5 Å². The van der Waals surface area contributed by atoms with Crippen molar-refractivity contribution in [3.05, 3.63) is 51.3 Å². The Balaban J connectivity index is 1.91. The maximum atomic E-state index is 12.6. The fraction of sp³-hybridized carbons (Fsp3) is 0.444. The van der Waals surface area contributed by atoms with Gasteiger partial charge >= 0.3 is 0 Å². The van der Waals surface area contributed by atoms with Gasteiger partial charge in [0.05, 0.1) is 16.5 Å². The number of aliphatic hydroxyl groups is 1. The molecule has 0 saturated carbocycles. The van der Waals surface area contributed by atoms with Gasteiger partial charge in [-0.2, -0.15) is 0 Å². The van der Waals surface area contributed by atoms with E-state index in [4.69, 9.17) is 0 Å². The second-order valence-electron chi connectivity index (χ2n) is 6.66. The number of carbonyl (C=O) groups excluding carboxylic acids is 2. The summed E-state index contributed by atoms with van der Waals surface area (Å²) < 4.78 is 0. The number of non-ortho nitro benzene ring substituents is 1. The van der Waals surface area contributed by atoms with Gasteiger partial charge in [-0.15, -0.1) is 0 Å². The first-order valence-corrected chi connectivity index (χ1v) is 8.82. The van der Waals surface area contributed by atoms with Crippen LogP contribution in [0.4, 0.5) is 5.69 Å². The number of rotatable bonds is 6. The molecule has 1 unspecified atom stereocenters. The first kappa shape index (κ1) is 19.0. The summed E-state index contributed by atoms with van der Waals surface area (Å²) in [6.07, 6.45) is 0. The highest BCUT2D eigenvalue weighted by Crippen LogP contribution is 2.38. The Morgan fingerprint density at radius 1 is 1.33 bits per heavy atom. The smallest absolute Gasteiger partial charge is 0.290 e. The van der Waals surface area contributed by atoms with Gasteiger partial charge in [0, 0.05) is 51.4 Å². The summed E-state index contributed by atoms with van der Waals surface area (Å²) in [5, 5.41) is 24.6. The monoisotopic (exact) mass is 374 g/mol. The van der Waals surface area contributed by atoms with E-state index in [-0.39, 0.29) is 11.3 Å². The number of benzene rings is 1. The van der Waals surface area contributed by atoms with Crippen molar-refractivity contribution in [1.29, 1.82) is 0 Å². The molecule has 2 N–H and O–H groups in total. The van der Waals surface area contributed by atoms with Crippen LogP contribution in [0.5, 0.6) is 0 Å². The maximum Gasteiger partial charge on any atom is 0.290 e. The summed E-state index contributed by atoms with van der Waals surface area (Å²) in [7, 11) is 0. The minimum atomic E-state index is -0.821. The Labute approximate surface area is 156 Å². The molecule has 2 heterocycles. The average molecular weight is 374 g/mol. The number of nitrogens with zero attached hydrogens (tertiary/aromatic N) is 3. The zero-order valence-electron chi connectivity index (χ0n) is 15.1. The number of carbonyl (C=O) groups is 2. The molecule has 2 aliphatic rings. The minimum absolute atomic E-state index is 0.0131. The van der Waals surface area contributed by atoms with Crippen molar-refractivity contribution in [2.45, 2.75) is 13.0 Å². The average Bonchev–Trinajstić information content (AvgIpc) is 2.92. The van der Waals surface area contributed by atoms with Crippen LogP contribution in [0.25, 0.3) is 0 Å². The molecule has 2 aliphatic heterocycles. The van der Waals surface area contributed by atoms with Crippen LogP contribution < -0.4 is 5.32 Å². The largest absolute Gasteiger partial charge is 0.503 e. The fourth-order valence-electron chi connectivity index (χ4n) is 3.58. The lowest BCUT2D eigenvalue weighted by atomic mass is 9.96. The first-order valence-electron chi connectivity index (χ1n) is 8.82. The van der Waals surface area contributed by atoms with E-state index in [9.17, 15) is 24.8 Å². The Kier molecular flexibility index (Phi) is 5.52. The SMILES string of the molecule is CC(=O)C1=C(O)C(=O)N(CCN2CCNCC2)C1c1cccc([N+](=O)[O-])c1. The molecule has 27 heavy (non-hydrogen) atoms. The molecular weight excluding hydrogens is 352 g/mol. The first-order chi connectivity index (χ1) is 12.9. The summed E-state index contributed by atoms with van der Waals surface area (Å²) in [5.41, 5.74) is 0.296. The van der Waals surface area contributed by atoms with E-state index in [2.05, 4.69) is 10.2 Å². The van der Waals surface area contributed by atoms with Crippen molar-refractivity contribution >= 4 is 17.4 Å². The Hall–Kier alpha value is -2.78. The molecule has 1 atom stereocenters. The molecule has 9 heteroatoms. The lowest BCUT2D eigenvalue weighted by Crippen LogP contribution is -2.47. The van der Waals surface area contributed by atoms with Crippen molar-refractivity contribution in [2.75, 3.05) is 39.3 Å². The van der Waals surface area contributed by atoms with Crippen LogP contribution in [0.15, 0.2) is 35.6 Å². The number of hydrogen-bond acceptors (Lipinski definition) is 7. The molecule has 1 amide bonds. The summed E-state index contributed by atoms with van der Waals surface area (Å²) in [6, 6.07) is 5.02. The molecular formula is C18H22N4O5. The minimum Gasteiger partial charge on any atom is -0.503 e. The zero-order chi connectivity index (χ0) is 19.6. The van der Waals surface area contributed by atoms with E-state index < -0.39 is 28.4 Å². The molecule has 144 valence electrons. The third kappa shape index (κ3) is 3.83. The summed E-state index contributed by atoms with van der Waals surface area (Å²) in [5.74, 6) is -1.62. The zero-order valence-corrected chi connectivity index (χ0v) is 15.1. The van der Waals surface area contributed by atoms with Gasteiger partial charge < -0.3 is 15.3 Å². The van der Waals surface area contributed by atoms with E-state index in [1.807, 2.05) is 0 Å². The third-order valence-electron chi connectivity index (χ3n) is 4.95. The van der Waals surface area contributed by atoms with Gasteiger partial charge in [0.25, 0.3) is 11.6 Å². The topological polar surface area (TPSA) is 116 Å². The number of piperazine rings is 1. The van der Waals surface area contributed by atoms with Gasteiger partial charge in [0.15, 0.2) is 11.5 Å². The second kappa shape index (κ2) is 7.85. The highest BCUT2D eigenvalue weighted by atomic mass is 16.6. The van der Waals surface area contributed by atoms with Crippen LogP contribution in [0.3, 0.4) is 0 Å². The van der Waals surface area contributed by atoms with Crippen LogP contribution >= 0.6 is 0 Å². The molecule has 1 saturated heterocycles. The van der Waals surface area contributed by atoms with Gasteiger partial charge in [-0.3, -0.25) is 24.6 Å². The van der Waals surface area contributed by atoms with Crippen molar-refractivity contribution in [1.82, 2.24) is 15.1 Å². The number of aliphatic hydroxyl groups excluding tert-OH is 1. The van der Waals surface area contributed by atoms with Crippen molar-refractivity contribution in [3.8, 4) is 0 Å². The lowest BCUT2D eigenvalue weighted by molar-refractivity contribution is -0.384. The number of nitro benzene ring substituents is 1. The second-order valence-corrected chi connectivity index (χ2v) is 6.66. The number of nitrogens with one attached hydrogen (secondary N) is 1. The van der Waals surface area contributed by atoms with Crippen LogP contribution in [0.2, 0.25) is 0 Å². The van der Waals surface area contributed by atoms with Gasteiger partial charge in [0.1, 0.15) is 0 Å². The molecule has 1 aromatic rings. The predicted molar refractivity (Wildman–Crippen MR) is 97.2 cm³/mol. The molecule has 1 aromatic carbocycles. The van der Waals surface area contributed by atoms with E-state index in [1.165, 1.54) is 30.0 Å². The van der Waals surface area contributed by atoms with Gasteiger partial charge in [0.2, 0.25) is 0 Å². The number of hydrogen-bond donors (Lipinski definition) is 2. The molecule has 0 radical (unpaired) electrons. The molecule has 1 fully saturated rings. The Morgan fingerprint density at radius 2 is 2.04 bits per heavy atom. The van der Waals surface area contributed by atoms with Crippen molar-refractivity contribution in [2.24, 2.45) is 0 Å². The number of Topliss-reactive ketones (excluding diaryl/α,β-unsaturated/α-hetero) is 1. The third-order valence-corrected chi connectivity index (χ3v) is 4.95. The predicted octanol–water partition coefficient (Wildman–Crippen LogP) is 0.784. The van der Waals surface area contributed by atoms with E-state index in [0.717, 1.165) is 26.2 Å². The quantitative estimate of drug-likeness (QED) is 0.558. The molecule has 9 nitrogen and oxygen atoms in total. The van der Waals surface area contributed by atoms with E-state index in [0.29, 0.717) is 18.7 Å². The van der Waals surface area contributed by atoms with E-state index in [1.54, 1.807) is 6.07 Å². The Morgan fingerprint density at radius 3 is 2.67 bits per heavy atom. The molecule has 0 aromatic heterocycles. The molecule has 0 aliphatic carbocycles. The summed E-state index contributed by atoms with van der Waals surface area (Å²) >= 11 is 0. The highest BCUT2D eigenvalue weighted by molar-refractivity contribution is 6.08.